The normalized spacial score (nSPS) is 12.5. The van der Waals surface area contributed by atoms with E-state index in [1.54, 1.807) is 7.11 Å². The maximum absolute atomic E-state index is 5.86. The molecule has 4 heteroatoms. The minimum absolute atomic E-state index is 0.166. The maximum atomic E-state index is 5.86. The SMILES string of the molecule is COCCC(C)Oc1ccc(Br)cc1CBr. The largest absolute Gasteiger partial charge is 0.490 e. The molecule has 2 nitrogen and oxygen atoms in total. The van der Waals surface area contributed by atoms with Crippen LogP contribution in [0.2, 0.25) is 0 Å². The first kappa shape index (κ1) is 14.0. The van der Waals surface area contributed by atoms with Gasteiger partial charge < -0.3 is 9.47 Å². The van der Waals surface area contributed by atoms with Gasteiger partial charge in [-0.3, -0.25) is 0 Å². The highest BCUT2D eigenvalue weighted by Gasteiger charge is 2.08. The summed E-state index contributed by atoms with van der Waals surface area (Å²) in [5.74, 6) is 0.934. The fourth-order valence-electron chi connectivity index (χ4n) is 1.33. The molecule has 0 bridgehead atoms. The number of ether oxygens (including phenoxy) is 2. The summed E-state index contributed by atoms with van der Waals surface area (Å²) in [6.07, 6.45) is 1.06. The van der Waals surface area contributed by atoms with Gasteiger partial charge in [-0.05, 0) is 25.1 Å². The molecule has 0 aliphatic rings. The number of hydrogen-bond acceptors (Lipinski definition) is 2. The number of benzene rings is 1. The maximum Gasteiger partial charge on any atom is 0.123 e. The molecule has 0 amide bonds. The molecule has 0 fully saturated rings. The van der Waals surface area contributed by atoms with Crippen molar-refractivity contribution in [2.24, 2.45) is 0 Å². The van der Waals surface area contributed by atoms with Gasteiger partial charge in [-0.15, -0.1) is 0 Å². The van der Waals surface area contributed by atoms with E-state index in [2.05, 4.69) is 44.8 Å². The Hall–Kier alpha value is -0.0600. The Balaban J connectivity index is 2.65. The summed E-state index contributed by atoms with van der Waals surface area (Å²) in [7, 11) is 1.70. The van der Waals surface area contributed by atoms with E-state index in [1.807, 2.05) is 12.1 Å². The van der Waals surface area contributed by atoms with Crippen LogP contribution in [0.3, 0.4) is 0 Å². The van der Waals surface area contributed by atoms with E-state index in [9.17, 15) is 0 Å². The van der Waals surface area contributed by atoms with Crippen LogP contribution in [0.5, 0.6) is 5.75 Å². The third-order valence-corrected chi connectivity index (χ3v) is 3.32. The van der Waals surface area contributed by atoms with E-state index in [-0.39, 0.29) is 6.10 Å². The lowest BCUT2D eigenvalue weighted by Crippen LogP contribution is -2.14. The number of alkyl halides is 1. The quantitative estimate of drug-likeness (QED) is 0.717. The number of hydrogen-bond donors (Lipinski definition) is 0. The molecule has 1 aromatic rings. The second-order valence-electron chi connectivity index (χ2n) is 3.60. The van der Waals surface area contributed by atoms with Gasteiger partial charge in [0.05, 0.1) is 6.10 Å². The molecule has 0 saturated heterocycles. The van der Waals surface area contributed by atoms with Crippen LogP contribution >= 0.6 is 31.9 Å². The zero-order valence-electron chi connectivity index (χ0n) is 9.50. The highest BCUT2D eigenvalue weighted by molar-refractivity contribution is 9.10. The van der Waals surface area contributed by atoms with Crippen molar-refractivity contribution in [3.8, 4) is 5.75 Å². The minimum Gasteiger partial charge on any atom is -0.490 e. The molecule has 1 aromatic carbocycles. The van der Waals surface area contributed by atoms with Gasteiger partial charge in [0.25, 0.3) is 0 Å². The van der Waals surface area contributed by atoms with E-state index in [0.717, 1.165) is 34.1 Å². The van der Waals surface area contributed by atoms with Crippen LogP contribution in [-0.2, 0) is 10.1 Å². The fourth-order valence-corrected chi connectivity index (χ4v) is 2.17. The molecule has 1 atom stereocenters. The van der Waals surface area contributed by atoms with E-state index in [4.69, 9.17) is 9.47 Å². The van der Waals surface area contributed by atoms with Crippen LogP contribution in [0.1, 0.15) is 18.9 Å². The summed E-state index contributed by atoms with van der Waals surface area (Å²) in [6, 6.07) is 6.04. The lowest BCUT2D eigenvalue weighted by atomic mass is 10.2. The fraction of sp³-hybridized carbons (Fsp3) is 0.500. The second-order valence-corrected chi connectivity index (χ2v) is 5.07. The van der Waals surface area contributed by atoms with Gasteiger partial charge in [-0.1, -0.05) is 31.9 Å². The van der Waals surface area contributed by atoms with E-state index in [1.165, 1.54) is 0 Å². The predicted molar refractivity (Wildman–Crippen MR) is 73.4 cm³/mol. The molecule has 0 spiro atoms. The molecule has 0 aliphatic carbocycles. The van der Waals surface area contributed by atoms with Gasteiger partial charge in [0.15, 0.2) is 0 Å². The summed E-state index contributed by atoms with van der Waals surface area (Å²) in [5, 5.41) is 0.790. The van der Waals surface area contributed by atoms with E-state index < -0.39 is 0 Å². The van der Waals surface area contributed by atoms with Crippen molar-refractivity contribution in [1.82, 2.24) is 0 Å². The molecule has 0 aromatic heterocycles. The van der Waals surface area contributed by atoms with Crippen molar-refractivity contribution < 1.29 is 9.47 Å². The molecule has 1 unspecified atom stereocenters. The molecule has 0 radical (unpaired) electrons. The van der Waals surface area contributed by atoms with Gasteiger partial charge in [-0.25, -0.2) is 0 Å². The Bertz CT molecular complexity index is 329. The summed E-state index contributed by atoms with van der Waals surface area (Å²) in [6.45, 7) is 2.78. The Morgan fingerprint density at radius 2 is 2.12 bits per heavy atom. The number of rotatable bonds is 6. The topological polar surface area (TPSA) is 18.5 Å². The van der Waals surface area contributed by atoms with Crippen LogP contribution in [0.4, 0.5) is 0 Å². The standard InChI is InChI=1S/C12H16Br2O2/c1-9(5-6-15-2)16-12-4-3-11(14)7-10(12)8-13/h3-4,7,9H,5-6,8H2,1-2H3. The number of halogens is 2. The van der Waals surface area contributed by atoms with Crippen molar-refractivity contribution in [3.05, 3.63) is 28.2 Å². The van der Waals surface area contributed by atoms with Crippen LogP contribution in [0, 0.1) is 0 Å². The highest BCUT2D eigenvalue weighted by atomic mass is 79.9. The predicted octanol–water partition coefficient (Wildman–Crippen LogP) is 4.15. The summed E-state index contributed by atoms with van der Waals surface area (Å²) < 4.78 is 12.0. The zero-order valence-corrected chi connectivity index (χ0v) is 12.7. The third kappa shape index (κ3) is 4.44. The van der Waals surface area contributed by atoms with Gasteiger partial charge in [0.2, 0.25) is 0 Å². The summed E-state index contributed by atoms with van der Waals surface area (Å²) in [4.78, 5) is 0. The number of methoxy groups -OCH3 is 1. The highest BCUT2D eigenvalue weighted by Crippen LogP contribution is 2.26. The Morgan fingerprint density at radius 3 is 2.75 bits per heavy atom. The van der Waals surface area contributed by atoms with Crippen molar-refractivity contribution in [3.63, 3.8) is 0 Å². The molecule has 0 heterocycles. The summed E-state index contributed by atoms with van der Waals surface area (Å²) >= 11 is 6.91. The van der Waals surface area contributed by atoms with Crippen molar-refractivity contribution >= 4 is 31.9 Å². The van der Waals surface area contributed by atoms with Crippen LogP contribution in [0.15, 0.2) is 22.7 Å². The summed E-state index contributed by atoms with van der Waals surface area (Å²) in [5.41, 5.74) is 1.15. The Labute approximate surface area is 114 Å². The average Bonchev–Trinajstić information content (AvgIpc) is 2.28. The second kappa shape index (κ2) is 7.30. The van der Waals surface area contributed by atoms with Crippen LogP contribution in [0.25, 0.3) is 0 Å². The van der Waals surface area contributed by atoms with Gasteiger partial charge in [0.1, 0.15) is 5.75 Å². The lowest BCUT2D eigenvalue weighted by molar-refractivity contribution is 0.134. The minimum atomic E-state index is 0.166. The first-order valence-electron chi connectivity index (χ1n) is 5.17. The Kier molecular flexibility index (Phi) is 6.39. The van der Waals surface area contributed by atoms with Crippen LogP contribution < -0.4 is 4.74 Å². The lowest BCUT2D eigenvalue weighted by Gasteiger charge is -2.16. The van der Waals surface area contributed by atoms with E-state index in [0.29, 0.717) is 0 Å². The molecule has 1 rings (SSSR count). The monoisotopic (exact) mass is 350 g/mol. The molecular formula is C12H16Br2O2. The van der Waals surface area contributed by atoms with Gasteiger partial charge in [0, 0.05) is 35.5 Å². The zero-order chi connectivity index (χ0) is 12.0. The molecule has 90 valence electrons. The molecule has 16 heavy (non-hydrogen) atoms. The van der Waals surface area contributed by atoms with Crippen molar-refractivity contribution in [2.45, 2.75) is 24.8 Å². The average molecular weight is 352 g/mol. The first-order valence-corrected chi connectivity index (χ1v) is 7.08. The van der Waals surface area contributed by atoms with Gasteiger partial charge >= 0.3 is 0 Å². The van der Waals surface area contributed by atoms with E-state index >= 15 is 0 Å². The van der Waals surface area contributed by atoms with Crippen molar-refractivity contribution in [1.29, 1.82) is 0 Å². The molecule has 0 aliphatic heterocycles. The third-order valence-electron chi connectivity index (χ3n) is 2.22. The van der Waals surface area contributed by atoms with Crippen LogP contribution in [-0.4, -0.2) is 19.8 Å². The smallest absolute Gasteiger partial charge is 0.123 e. The molecular weight excluding hydrogens is 336 g/mol. The molecule has 0 N–H and O–H groups in total. The van der Waals surface area contributed by atoms with Gasteiger partial charge in [-0.2, -0.15) is 0 Å². The van der Waals surface area contributed by atoms with Crippen molar-refractivity contribution in [2.75, 3.05) is 13.7 Å². The Morgan fingerprint density at radius 1 is 1.38 bits per heavy atom. The molecule has 0 saturated carbocycles. The first-order chi connectivity index (χ1) is 7.67.